The molecular formula is C39H25F3N2. The Hall–Kier alpha value is -5.68. The fraction of sp³-hybridized carbons (Fsp3) is 0. The molecule has 0 saturated carbocycles. The van der Waals surface area contributed by atoms with Crippen LogP contribution in [0.25, 0.3) is 44.3 Å². The lowest BCUT2D eigenvalue weighted by molar-refractivity contribution is 0.584. The van der Waals surface area contributed by atoms with Crippen molar-refractivity contribution < 1.29 is 13.2 Å². The molecule has 0 atom stereocenters. The van der Waals surface area contributed by atoms with Gasteiger partial charge in [0.2, 0.25) is 0 Å². The summed E-state index contributed by atoms with van der Waals surface area (Å²) in [7, 11) is 0. The van der Waals surface area contributed by atoms with E-state index in [0.29, 0.717) is 28.3 Å². The summed E-state index contributed by atoms with van der Waals surface area (Å²) in [5.74, 6) is -1.05. The van der Waals surface area contributed by atoms with Crippen LogP contribution in [0.4, 0.5) is 30.4 Å². The first kappa shape index (κ1) is 27.2. The number of benzene rings is 6. The molecule has 0 bridgehead atoms. The summed E-state index contributed by atoms with van der Waals surface area (Å²) < 4.78 is 42.3. The molecule has 0 aliphatic heterocycles. The van der Waals surface area contributed by atoms with Gasteiger partial charge < -0.3 is 0 Å². The molecule has 0 amide bonds. The van der Waals surface area contributed by atoms with E-state index in [1.165, 1.54) is 24.3 Å². The third kappa shape index (κ3) is 5.43. The highest BCUT2D eigenvalue weighted by atomic mass is 19.1. The maximum Gasteiger partial charge on any atom is 0.138 e. The van der Waals surface area contributed by atoms with Crippen LogP contribution < -0.4 is 4.90 Å². The predicted molar refractivity (Wildman–Crippen MR) is 173 cm³/mol. The van der Waals surface area contributed by atoms with Crippen LogP contribution in [-0.4, -0.2) is 4.98 Å². The number of hydrogen-bond donors (Lipinski definition) is 0. The molecule has 0 radical (unpaired) electrons. The summed E-state index contributed by atoms with van der Waals surface area (Å²) in [6, 6.07) is 45.6. The summed E-state index contributed by atoms with van der Waals surface area (Å²) >= 11 is 0. The molecule has 1 heterocycles. The van der Waals surface area contributed by atoms with Gasteiger partial charge in [0.25, 0.3) is 0 Å². The number of nitrogens with zero attached hydrogens (tertiary/aromatic N) is 2. The highest BCUT2D eigenvalue weighted by Gasteiger charge is 2.18. The Morgan fingerprint density at radius 3 is 1.75 bits per heavy atom. The molecule has 0 unspecified atom stereocenters. The number of pyridine rings is 1. The zero-order chi connectivity index (χ0) is 30.0. The van der Waals surface area contributed by atoms with Crippen LogP contribution in [0.2, 0.25) is 0 Å². The van der Waals surface area contributed by atoms with Crippen molar-refractivity contribution in [3.05, 3.63) is 169 Å². The maximum atomic E-state index is 14.1. The van der Waals surface area contributed by atoms with Gasteiger partial charge >= 0.3 is 0 Å². The third-order valence-electron chi connectivity index (χ3n) is 7.58. The van der Waals surface area contributed by atoms with E-state index < -0.39 is 11.6 Å². The monoisotopic (exact) mass is 578 g/mol. The third-order valence-corrected chi connectivity index (χ3v) is 7.58. The van der Waals surface area contributed by atoms with E-state index in [9.17, 15) is 13.2 Å². The van der Waals surface area contributed by atoms with Gasteiger partial charge in [0.05, 0.1) is 5.52 Å². The SMILES string of the molecule is Fc1ccc(N(c2cccc(-c3cc(F)cc(F)c3)c2)c2ccc3cc(-c4ccccc4)cc(-c4ccccc4)c3n2)cc1. The molecule has 44 heavy (non-hydrogen) atoms. The molecule has 0 saturated heterocycles. The van der Waals surface area contributed by atoms with Crippen LogP contribution in [0.5, 0.6) is 0 Å². The average molecular weight is 579 g/mol. The van der Waals surface area contributed by atoms with Crippen LogP contribution in [0.3, 0.4) is 0 Å². The normalized spacial score (nSPS) is 11.1. The fourth-order valence-electron chi connectivity index (χ4n) is 5.53. The first-order chi connectivity index (χ1) is 21.5. The standard InChI is InChI=1S/C39H25F3N2/c40-32-15-17-35(18-16-32)44(36-13-7-12-28(23-36)31-21-33(41)25-34(42)22-31)38-19-14-29-20-30(26-8-3-1-4-9-26)24-37(39(29)43-38)27-10-5-2-6-11-27/h1-25H. The van der Waals surface area contributed by atoms with Crippen molar-refractivity contribution in [1.29, 1.82) is 0 Å². The largest absolute Gasteiger partial charge is 0.295 e. The Morgan fingerprint density at radius 1 is 0.409 bits per heavy atom. The van der Waals surface area contributed by atoms with E-state index in [1.807, 2.05) is 71.6 Å². The lowest BCUT2D eigenvalue weighted by atomic mass is 9.95. The molecule has 5 heteroatoms. The first-order valence-electron chi connectivity index (χ1n) is 14.2. The summed E-state index contributed by atoms with van der Waals surface area (Å²) in [4.78, 5) is 7.12. The number of halogens is 3. The Balaban J connectivity index is 1.43. The van der Waals surface area contributed by atoms with Crippen molar-refractivity contribution in [1.82, 2.24) is 4.98 Å². The van der Waals surface area contributed by atoms with Crippen molar-refractivity contribution in [2.24, 2.45) is 0 Å². The average Bonchev–Trinajstić information content (AvgIpc) is 3.06. The van der Waals surface area contributed by atoms with Crippen LogP contribution >= 0.6 is 0 Å². The van der Waals surface area contributed by atoms with Crippen molar-refractivity contribution in [3.8, 4) is 33.4 Å². The van der Waals surface area contributed by atoms with Crippen molar-refractivity contribution in [2.75, 3.05) is 4.90 Å². The quantitative estimate of drug-likeness (QED) is 0.195. The van der Waals surface area contributed by atoms with Gasteiger partial charge in [-0.2, -0.15) is 0 Å². The summed E-state index contributed by atoms with van der Waals surface area (Å²) in [6.45, 7) is 0. The highest BCUT2D eigenvalue weighted by molar-refractivity contribution is 5.99. The minimum Gasteiger partial charge on any atom is -0.295 e. The highest BCUT2D eigenvalue weighted by Crippen LogP contribution is 2.39. The topological polar surface area (TPSA) is 16.1 Å². The predicted octanol–water partition coefficient (Wildman–Crippen LogP) is 11.1. The van der Waals surface area contributed by atoms with E-state index in [-0.39, 0.29) is 5.82 Å². The van der Waals surface area contributed by atoms with E-state index in [4.69, 9.17) is 4.98 Å². The van der Waals surface area contributed by atoms with Gasteiger partial charge in [0.15, 0.2) is 0 Å². The number of hydrogen-bond acceptors (Lipinski definition) is 2. The van der Waals surface area contributed by atoms with E-state index >= 15 is 0 Å². The van der Waals surface area contributed by atoms with Crippen LogP contribution in [0.15, 0.2) is 152 Å². The Morgan fingerprint density at radius 2 is 1.05 bits per heavy atom. The zero-order valence-electron chi connectivity index (χ0n) is 23.5. The van der Waals surface area contributed by atoms with Gasteiger partial charge in [0, 0.05) is 28.4 Å². The van der Waals surface area contributed by atoms with Crippen LogP contribution in [-0.2, 0) is 0 Å². The molecule has 0 spiro atoms. The van der Waals surface area contributed by atoms with Crippen molar-refractivity contribution in [3.63, 3.8) is 0 Å². The van der Waals surface area contributed by atoms with Crippen LogP contribution in [0, 0.1) is 17.5 Å². The lowest BCUT2D eigenvalue weighted by Gasteiger charge is -2.25. The first-order valence-corrected chi connectivity index (χ1v) is 14.2. The summed E-state index contributed by atoms with van der Waals surface area (Å²) in [6.07, 6.45) is 0. The Bertz CT molecular complexity index is 2070. The molecule has 0 N–H and O–H groups in total. The van der Waals surface area contributed by atoms with Gasteiger partial charge in [0.1, 0.15) is 23.3 Å². The van der Waals surface area contributed by atoms with Gasteiger partial charge in [-0.3, -0.25) is 4.90 Å². The van der Waals surface area contributed by atoms with E-state index in [1.54, 1.807) is 18.2 Å². The van der Waals surface area contributed by atoms with E-state index in [2.05, 4.69) is 36.4 Å². The fourth-order valence-corrected chi connectivity index (χ4v) is 5.53. The van der Waals surface area contributed by atoms with Crippen LogP contribution in [0.1, 0.15) is 0 Å². The minimum absolute atomic E-state index is 0.357. The molecule has 2 nitrogen and oxygen atoms in total. The molecule has 212 valence electrons. The van der Waals surface area contributed by atoms with Gasteiger partial charge in [-0.25, -0.2) is 18.2 Å². The van der Waals surface area contributed by atoms with Crippen molar-refractivity contribution in [2.45, 2.75) is 0 Å². The van der Waals surface area contributed by atoms with Gasteiger partial charge in [-0.15, -0.1) is 0 Å². The van der Waals surface area contributed by atoms with Gasteiger partial charge in [-0.05, 0) is 101 Å². The molecule has 0 fully saturated rings. The summed E-state index contributed by atoms with van der Waals surface area (Å²) in [5, 5.41) is 0.969. The molecule has 0 aliphatic carbocycles. The Kier molecular flexibility index (Phi) is 7.13. The Labute approximate surface area is 253 Å². The van der Waals surface area contributed by atoms with E-state index in [0.717, 1.165) is 39.2 Å². The lowest BCUT2D eigenvalue weighted by Crippen LogP contribution is -2.12. The zero-order valence-corrected chi connectivity index (χ0v) is 23.5. The number of fused-ring (bicyclic) bond motifs is 1. The van der Waals surface area contributed by atoms with Crippen molar-refractivity contribution >= 4 is 28.1 Å². The second-order valence-corrected chi connectivity index (χ2v) is 10.5. The molecule has 6 aromatic carbocycles. The maximum absolute atomic E-state index is 14.1. The number of anilines is 3. The second kappa shape index (κ2) is 11.5. The molecule has 1 aromatic heterocycles. The molecule has 7 aromatic rings. The smallest absolute Gasteiger partial charge is 0.138 e. The number of aromatic nitrogens is 1. The molecular weight excluding hydrogens is 553 g/mol. The summed E-state index contributed by atoms with van der Waals surface area (Å²) in [5.41, 5.74) is 7.43. The minimum atomic E-state index is -0.652. The second-order valence-electron chi connectivity index (χ2n) is 10.5. The molecule has 0 aliphatic rings. The number of rotatable bonds is 6. The molecule has 7 rings (SSSR count). The van der Waals surface area contributed by atoms with Gasteiger partial charge in [-0.1, -0.05) is 72.8 Å².